The molecule has 0 radical (unpaired) electrons. The highest BCUT2D eigenvalue weighted by atomic mass is 79.9. The predicted octanol–water partition coefficient (Wildman–Crippen LogP) is 5.00. The van der Waals surface area contributed by atoms with Gasteiger partial charge in [-0.15, -0.1) is 0 Å². The van der Waals surface area contributed by atoms with Crippen molar-refractivity contribution < 1.29 is 23.9 Å². The van der Waals surface area contributed by atoms with E-state index >= 15 is 0 Å². The number of alkyl halides is 2. The second kappa shape index (κ2) is 9.98. The third kappa shape index (κ3) is 4.65. The van der Waals surface area contributed by atoms with Crippen LogP contribution in [0.3, 0.4) is 0 Å². The fourth-order valence-electron chi connectivity index (χ4n) is 5.60. The number of anilines is 2. The molecular formula is C28H28Br2N2O5. The number of nitrogens with zero attached hydrogens (tertiary/aromatic N) is 2. The number of ether oxygens (including phenoxy) is 1. The summed E-state index contributed by atoms with van der Waals surface area (Å²) in [5, 5.41) is 0. The number of hydrogen-bond acceptors (Lipinski definition) is 5. The maximum atomic E-state index is 13.2. The molecule has 9 heteroatoms. The van der Waals surface area contributed by atoms with Crippen molar-refractivity contribution in [2.45, 2.75) is 49.7 Å². The molecule has 3 amide bonds. The van der Waals surface area contributed by atoms with Crippen LogP contribution in [0.2, 0.25) is 0 Å². The number of rotatable bonds is 4. The molecule has 0 spiro atoms. The lowest BCUT2D eigenvalue weighted by atomic mass is 9.81. The Hall–Kier alpha value is -2.52. The Labute approximate surface area is 232 Å². The van der Waals surface area contributed by atoms with E-state index in [2.05, 4.69) is 31.9 Å². The summed E-state index contributed by atoms with van der Waals surface area (Å²) < 4.78 is 5.64. The molecule has 5 atom stereocenters. The number of aryl methyl sites for hydroxylation is 2. The van der Waals surface area contributed by atoms with Crippen LogP contribution in [-0.2, 0) is 19.2 Å². The minimum Gasteiger partial charge on any atom is -0.426 e. The average Bonchev–Trinajstić information content (AvgIpc) is 3.34. The van der Waals surface area contributed by atoms with Crippen molar-refractivity contribution in [1.82, 2.24) is 0 Å². The molecule has 1 saturated carbocycles. The van der Waals surface area contributed by atoms with E-state index in [1.807, 2.05) is 32.0 Å². The number of hydrogen-bond donors (Lipinski definition) is 0. The summed E-state index contributed by atoms with van der Waals surface area (Å²) in [5.74, 6) is -1.85. The molecule has 2 aromatic rings. The van der Waals surface area contributed by atoms with Crippen molar-refractivity contribution in [3.05, 3.63) is 53.1 Å². The number of imide groups is 1. The normalized spacial score (nSPS) is 27.6. The van der Waals surface area contributed by atoms with Crippen LogP contribution in [0.5, 0.6) is 5.75 Å². The minimum absolute atomic E-state index is 0.0893. The summed E-state index contributed by atoms with van der Waals surface area (Å²) in [6.45, 7) is 6.01. The van der Waals surface area contributed by atoms with Gasteiger partial charge in [-0.25, -0.2) is 4.90 Å². The van der Waals surface area contributed by atoms with Gasteiger partial charge in [-0.3, -0.25) is 19.2 Å². The molecule has 2 heterocycles. The topological polar surface area (TPSA) is 84.0 Å². The second-order valence-corrected chi connectivity index (χ2v) is 12.6. The zero-order valence-corrected chi connectivity index (χ0v) is 24.0. The number of amides is 3. The third-order valence-electron chi connectivity index (χ3n) is 7.86. The maximum Gasteiger partial charge on any atom is 0.316 e. The van der Waals surface area contributed by atoms with Crippen LogP contribution in [0, 0.1) is 38.5 Å². The number of benzene rings is 2. The van der Waals surface area contributed by atoms with Gasteiger partial charge >= 0.3 is 5.97 Å². The Morgan fingerprint density at radius 2 is 1.54 bits per heavy atom. The molecule has 3 fully saturated rings. The van der Waals surface area contributed by atoms with E-state index in [1.54, 1.807) is 30.0 Å². The Morgan fingerprint density at radius 1 is 0.892 bits per heavy atom. The minimum atomic E-state index is -0.577. The molecule has 0 N–H and O–H groups in total. The van der Waals surface area contributed by atoms with Crippen LogP contribution in [0.25, 0.3) is 0 Å². The van der Waals surface area contributed by atoms with Gasteiger partial charge in [0.15, 0.2) is 0 Å². The van der Waals surface area contributed by atoms with Crippen molar-refractivity contribution in [3.63, 3.8) is 0 Å². The molecule has 5 rings (SSSR count). The number of halogens is 2. The first-order valence-corrected chi connectivity index (χ1v) is 14.2. The summed E-state index contributed by atoms with van der Waals surface area (Å²) in [6.07, 6.45) is 1.30. The number of carbonyl (C=O) groups excluding carboxylic acids is 4. The highest BCUT2D eigenvalue weighted by molar-refractivity contribution is 9.12. The highest BCUT2D eigenvalue weighted by Gasteiger charge is 2.52. The standard InChI is InChI=1S/C28H28Br2N2O5/c1-14-5-4-6-24(16(14)3)31-13-17(10-25(31)33)28(36)37-18-7-8-23(15(2)9-18)32-26(34)19-11-21(29)22(30)12-20(19)27(32)35/h4-9,17,19-22H,10-13H2,1-3H3/t17-,19-,20-,21-,22+/m1/s1. The van der Waals surface area contributed by atoms with Crippen molar-refractivity contribution in [3.8, 4) is 5.75 Å². The smallest absolute Gasteiger partial charge is 0.316 e. The average molecular weight is 632 g/mol. The highest BCUT2D eigenvalue weighted by Crippen LogP contribution is 2.45. The first kappa shape index (κ1) is 26.1. The van der Waals surface area contributed by atoms with Crippen molar-refractivity contribution in [2.24, 2.45) is 17.8 Å². The van der Waals surface area contributed by atoms with Gasteiger partial charge in [0.05, 0.1) is 23.4 Å². The van der Waals surface area contributed by atoms with E-state index in [1.165, 1.54) is 4.90 Å². The molecule has 2 aliphatic heterocycles. The van der Waals surface area contributed by atoms with Gasteiger partial charge in [0, 0.05) is 28.3 Å². The molecule has 2 aromatic carbocycles. The predicted molar refractivity (Wildman–Crippen MR) is 147 cm³/mol. The first-order valence-electron chi connectivity index (χ1n) is 12.4. The van der Waals surface area contributed by atoms with Gasteiger partial charge in [0.25, 0.3) is 0 Å². The lowest BCUT2D eigenvalue weighted by Crippen LogP contribution is -2.34. The van der Waals surface area contributed by atoms with Gasteiger partial charge in [-0.1, -0.05) is 44.0 Å². The van der Waals surface area contributed by atoms with Crippen LogP contribution in [0.15, 0.2) is 36.4 Å². The van der Waals surface area contributed by atoms with Crippen LogP contribution in [0.1, 0.15) is 36.0 Å². The lowest BCUT2D eigenvalue weighted by molar-refractivity contribution is -0.139. The molecule has 194 valence electrons. The number of carbonyl (C=O) groups is 4. The van der Waals surface area contributed by atoms with Crippen molar-refractivity contribution >= 4 is 66.9 Å². The Morgan fingerprint density at radius 3 is 2.16 bits per heavy atom. The summed E-state index contributed by atoms with van der Waals surface area (Å²) in [7, 11) is 0. The summed E-state index contributed by atoms with van der Waals surface area (Å²) in [6, 6.07) is 10.7. The van der Waals surface area contributed by atoms with E-state index in [-0.39, 0.29) is 52.2 Å². The van der Waals surface area contributed by atoms with Gasteiger partial charge in [-0.05, 0) is 74.6 Å². The molecule has 0 unspecified atom stereocenters. The van der Waals surface area contributed by atoms with Crippen LogP contribution in [0.4, 0.5) is 11.4 Å². The van der Waals surface area contributed by atoms with Crippen LogP contribution >= 0.6 is 31.9 Å². The zero-order chi connectivity index (χ0) is 26.6. The van der Waals surface area contributed by atoms with E-state index in [9.17, 15) is 19.2 Å². The van der Waals surface area contributed by atoms with E-state index in [0.717, 1.165) is 16.8 Å². The summed E-state index contributed by atoms with van der Waals surface area (Å²) >= 11 is 7.23. The Balaban J connectivity index is 1.29. The first-order chi connectivity index (χ1) is 17.6. The fourth-order valence-corrected chi connectivity index (χ4v) is 6.84. The number of esters is 1. The molecule has 7 nitrogen and oxygen atoms in total. The Kier molecular flexibility index (Phi) is 7.04. The summed E-state index contributed by atoms with van der Waals surface area (Å²) in [4.78, 5) is 55.2. The van der Waals surface area contributed by atoms with Crippen LogP contribution < -0.4 is 14.5 Å². The lowest BCUT2D eigenvalue weighted by Gasteiger charge is -2.29. The van der Waals surface area contributed by atoms with Gasteiger partial charge in [0.2, 0.25) is 17.7 Å². The molecule has 2 saturated heterocycles. The molecule has 37 heavy (non-hydrogen) atoms. The second-order valence-electron chi connectivity index (χ2n) is 10.2. The van der Waals surface area contributed by atoms with E-state index in [4.69, 9.17) is 4.74 Å². The maximum absolute atomic E-state index is 13.2. The molecular weight excluding hydrogens is 604 g/mol. The quantitative estimate of drug-likeness (QED) is 0.205. The van der Waals surface area contributed by atoms with Crippen molar-refractivity contribution in [2.75, 3.05) is 16.3 Å². The molecule has 1 aliphatic carbocycles. The van der Waals surface area contributed by atoms with E-state index < -0.39 is 11.9 Å². The van der Waals surface area contributed by atoms with E-state index in [0.29, 0.717) is 29.8 Å². The van der Waals surface area contributed by atoms with Gasteiger partial charge in [0.1, 0.15) is 5.75 Å². The molecule has 3 aliphatic rings. The Bertz CT molecular complexity index is 1280. The van der Waals surface area contributed by atoms with Gasteiger partial charge < -0.3 is 9.64 Å². The van der Waals surface area contributed by atoms with Crippen LogP contribution in [-0.4, -0.2) is 39.9 Å². The SMILES string of the molecule is Cc1cc(OC(=O)[C@@H]2CC(=O)N(c3cccc(C)c3C)C2)ccc1N1C(=O)[C@@H]2C[C@@H](Br)[C@@H](Br)C[C@H]2C1=O. The molecule has 0 bridgehead atoms. The fraction of sp³-hybridized carbons (Fsp3) is 0.429. The third-order valence-corrected chi connectivity index (χ3v) is 10.6. The zero-order valence-electron chi connectivity index (χ0n) is 20.9. The van der Waals surface area contributed by atoms with Gasteiger partial charge in [-0.2, -0.15) is 0 Å². The monoisotopic (exact) mass is 630 g/mol. The van der Waals surface area contributed by atoms with Crippen molar-refractivity contribution in [1.29, 1.82) is 0 Å². The summed E-state index contributed by atoms with van der Waals surface area (Å²) in [5.41, 5.74) is 4.09. The largest absolute Gasteiger partial charge is 0.426 e. The molecule has 0 aromatic heterocycles. The number of fused-ring (bicyclic) bond motifs is 1.